The molecule has 4 heteroatoms. The summed E-state index contributed by atoms with van der Waals surface area (Å²) in [4.78, 5) is 24.7. The number of hydrogen-bond acceptors (Lipinski definition) is 3. The van der Waals surface area contributed by atoms with Gasteiger partial charge >= 0.3 is 5.97 Å². The minimum Gasteiger partial charge on any atom is -0.454 e. The van der Waals surface area contributed by atoms with E-state index in [4.69, 9.17) is 4.74 Å². The Morgan fingerprint density at radius 1 is 1.08 bits per heavy atom. The van der Waals surface area contributed by atoms with Crippen molar-refractivity contribution in [2.45, 2.75) is 46.6 Å². The average Bonchev–Trinajstić information content (AvgIpc) is 3.30. The Morgan fingerprint density at radius 3 is 2.42 bits per heavy atom. The summed E-state index contributed by atoms with van der Waals surface area (Å²) in [7, 11) is 0. The van der Waals surface area contributed by atoms with Crippen LogP contribution in [0.1, 0.15) is 62.1 Å². The second kappa shape index (κ2) is 6.27. The van der Waals surface area contributed by atoms with Crippen molar-refractivity contribution in [2.24, 2.45) is 0 Å². The van der Waals surface area contributed by atoms with Gasteiger partial charge in [-0.3, -0.25) is 4.79 Å². The maximum atomic E-state index is 12.5. The third kappa shape index (κ3) is 3.14. The predicted molar refractivity (Wildman–Crippen MR) is 92.7 cm³/mol. The summed E-state index contributed by atoms with van der Waals surface area (Å²) < 4.78 is 7.47. The molecule has 0 unspecified atom stereocenters. The Morgan fingerprint density at radius 2 is 1.79 bits per heavy atom. The van der Waals surface area contributed by atoms with Gasteiger partial charge in [0.25, 0.3) is 0 Å². The molecular weight excluding hydrogens is 302 g/mol. The minimum atomic E-state index is -0.447. The molecule has 0 radical (unpaired) electrons. The highest BCUT2D eigenvalue weighted by Crippen LogP contribution is 2.38. The van der Waals surface area contributed by atoms with Crippen LogP contribution in [-0.4, -0.2) is 22.9 Å². The lowest BCUT2D eigenvalue weighted by atomic mass is 10.1. The smallest absolute Gasteiger partial charge is 0.338 e. The van der Waals surface area contributed by atoms with Crippen LogP contribution >= 0.6 is 0 Å². The summed E-state index contributed by atoms with van der Waals surface area (Å²) >= 11 is 0. The van der Waals surface area contributed by atoms with Crippen molar-refractivity contribution < 1.29 is 14.3 Å². The quantitative estimate of drug-likeness (QED) is 0.614. The highest BCUT2D eigenvalue weighted by atomic mass is 16.5. The van der Waals surface area contributed by atoms with Crippen LogP contribution in [0.5, 0.6) is 0 Å². The van der Waals surface area contributed by atoms with Gasteiger partial charge in [0.15, 0.2) is 6.61 Å². The first-order valence-corrected chi connectivity index (χ1v) is 8.34. The number of benzene rings is 1. The summed E-state index contributed by atoms with van der Waals surface area (Å²) in [6.45, 7) is 7.60. The van der Waals surface area contributed by atoms with E-state index in [1.54, 1.807) is 6.07 Å². The van der Waals surface area contributed by atoms with Crippen molar-refractivity contribution in [3.05, 3.63) is 57.9 Å². The molecule has 0 aliphatic heterocycles. The van der Waals surface area contributed by atoms with E-state index in [2.05, 4.69) is 4.57 Å². The summed E-state index contributed by atoms with van der Waals surface area (Å²) in [5.74, 6) is -0.593. The van der Waals surface area contributed by atoms with Crippen LogP contribution in [0.15, 0.2) is 24.3 Å². The maximum absolute atomic E-state index is 12.5. The topological polar surface area (TPSA) is 48.3 Å². The molecular formula is C20H23NO3. The van der Waals surface area contributed by atoms with E-state index < -0.39 is 5.97 Å². The van der Waals surface area contributed by atoms with E-state index in [9.17, 15) is 9.59 Å². The Balaban J connectivity index is 1.69. The lowest BCUT2D eigenvalue weighted by Crippen LogP contribution is -2.15. The van der Waals surface area contributed by atoms with Gasteiger partial charge in [0, 0.05) is 23.0 Å². The molecule has 1 aliphatic rings. The van der Waals surface area contributed by atoms with Gasteiger partial charge in [-0.2, -0.15) is 0 Å². The number of carbonyl (C=O) groups excluding carboxylic acids is 2. The lowest BCUT2D eigenvalue weighted by Gasteiger charge is -2.09. The molecule has 1 aromatic heterocycles. The normalized spacial score (nSPS) is 13.8. The van der Waals surface area contributed by atoms with E-state index >= 15 is 0 Å². The molecule has 0 bridgehead atoms. The molecule has 3 rings (SSSR count). The van der Waals surface area contributed by atoms with Crippen LogP contribution in [-0.2, 0) is 4.74 Å². The predicted octanol–water partition coefficient (Wildman–Crippen LogP) is 4.10. The first-order chi connectivity index (χ1) is 11.4. The number of ether oxygens (including phenoxy) is 1. The minimum absolute atomic E-state index is 0.145. The number of rotatable bonds is 5. The van der Waals surface area contributed by atoms with E-state index in [1.165, 1.54) is 12.8 Å². The highest BCUT2D eigenvalue weighted by molar-refractivity contribution is 6.00. The van der Waals surface area contributed by atoms with E-state index in [0.717, 1.165) is 22.5 Å². The fourth-order valence-electron chi connectivity index (χ4n) is 3.28. The zero-order chi connectivity index (χ0) is 17.4. The monoisotopic (exact) mass is 325 g/mol. The van der Waals surface area contributed by atoms with E-state index in [1.807, 2.05) is 45.9 Å². The Labute approximate surface area is 142 Å². The Bertz CT molecular complexity index is 813. The fourth-order valence-corrected chi connectivity index (χ4v) is 3.28. The van der Waals surface area contributed by atoms with Crippen molar-refractivity contribution in [1.82, 2.24) is 4.57 Å². The summed E-state index contributed by atoms with van der Waals surface area (Å²) in [6, 6.07) is 7.98. The van der Waals surface area contributed by atoms with E-state index in [-0.39, 0.29) is 12.4 Å². The molecule has 0 spiro atoms. The zero-order valence-electron chi connectivity index (χ0n) is 14.7. The Kier molecular flexibility index (Phi) is 4.31. The highest BCUT2D eigenvalue weighted by Gasteiger charge is 2.28. The van der Waals surface area contributed by atoms with Crippen molar-refractivity contribution in [3.63, 3.8) is 0 Å². The van der Waals surface area contributed by atoms with Gasteiger partial charge in [-0.05, 0) is 58.2 Å². The van der Waals surface area contributed by atoms with E-state index in [0.29, 0.717) is 17.2 Å². The van der Waals surface area contributed by atoms with Crippen molar-refractivity contribution in [1.29, 1.82) is 0 Å². The summed E-state index contributed by atoms with van der Waals surface area (Å²) in [5.41, 5.74) is 5.19. The first kappa shape index (κ1) is 16.5. The van der Waals surface area contributed by atoms with Gasteiger partial charge < -0.3 is 9.30 Å². The van der Waals surface area contributed by atoms with Gasteiger partial charge in [0.1, 0.15) is 0 Å². The molecule has 0 saturated heterocycles. The van der Waals surface area contributed by atoms with Crippen molar-refractivity contribution in [2.75, 3.05) is 6.61 Å². The molecule has 0 atom stereocenters. The zero-order valence-corrected chi connectivity index (χ0v) is 14.7. The molecule has 1 saturated carbocycles. The van der Waals surface area contributed by atoms with Gasteiger partial charge in [-0.15, -0.1) is 0 Å². The number of hydrogen-bond donors (Lipinski definition) is 0. The molecule has 2 aromatic rings. The van der Waals surface area contributed by atoms with Crippen LogP contribution in [0.4, 0.5) is 0 Å². The van der Waals surface area contributed by atoms with Crippen LogP contribution < -0.4 is 0 Å². The number of Topliss-reactive ketones (excluding diaryl/α,β-unsaturated/α-hetero) is 1. The molecule has 1 aliphatic carbocycles. The van der Waals surface area contributed by atoms with Crippen LogP contribution in [0.2, 0.25) is 0 Å². The summed E-state index contributed by atoms with van der Waals surface area (Å²) in [5, 5.41) is 0. The van der Waals surface area contributed by atoms with Crippen molar-refractivity contribution >= 4 is 11.8 Å². The molecule has 1 heterocycles. The number of carbonyl (C=O) groups is 2. The van der Waals surface area contributed by atoms with Gasteiger partial charge in [-0.25, -0.2) is 4.79 Å². The third-order valence-electron chi connectivity index (χ3n) is 4.63. The van der Waals surface area contributed by atoms with Gasteiger partial charge in [-0.1, -0.05) is 17.7 Å². The third-order valence-corrected chi connectivity index (χ3v) is 4.63. The van der Waals surface area contributed by atoms with Crippen LogP contribution in [0, 0.1) is 27.7 Å². The molecule has 4 nitrogen and oxygen atoms in total. The standard InChI is InChI=1S/C20H23NO3/c1-12-5-8-17(13(2)9-12)20(23)24-11-19(22)18-10-14(3)21(15(18)4)16-6-7-16/h5,8-10,16H,6-7,11H2,1-4H3. The number of esters is 1. The van der Waals surface area contributed by atoms with Gasteiger partial charge in [0.2, 0.25) is 5.78 Å². The molecule has 126 valence electrons. The van der Waals surface area contributed by atoms with Crippen LogP contribution in [0.3, 0.4) is 0 Å². The maximum Gasteiger partial charge on any atom is 0.338 e. The molecule has 24 heavy (non-hydrogen) atoms. The number of ketones is 1. The second-order valence-corrected chi connectivity index (χ2v) is 6.70. The fraction of sp³-hybridized carbons (Fsp3) is 0.400. The number of aromatic nitrogens is 1. The largest absolute Gasteiger partial charge is 0.454 e. The lowest BCUT2D eigenvalue weighted by molar-refractivity contribution is 0.0473. The SMILES string of the molecule is Cc1ccc(C(=O)OCC(=O)c2cc(C)n(C3CC3)c2C)c(C)c1. The molecule has 1 aromatic carbocycles. The first-order valence-electron chi connectivity index (χ1n) is 8.34. The molecule has 0 N–H and O–H groups in total. The second-order valence-electron chi connectivity index (χ2n) is 6.70. The average molecular weight is 325 g/mol. The summed E-state index contributed by atoms with van der Waals surface area (Å²) in [6.07, 6.45) is 2.34. The molecule has 1 fully saturated rings. The van der Waals surface area contributed by atoms with Gasteiger partial charge in [0.05, 0.1) is 5.56 Å². The molecule has 0 amide bonds. The Hall–Kier alpha value is -2.36. The number of aryl methyl sites for hydroxylation is 3. The van der Waals surface area contributed by atoms with Crippen LogP contribution in [0.25, 0.3) is 0 Å². The van der Waals surface area contributed by atoms with Crippen molar-refractivity contribution in [3.8, 4) is 0 Å². The number of nitrogens with zero attached hydrogens (tertiary/aromatic N) is 1.